The third-order valence-corrected chi connectivity index (χ3v) is 6.56. The summed E-state index contributed by atoms with van der Waals surface area (Å²) in [5.41, 5.74) is 2.06. The van der Waals surface area contributed by atoms with Gasteiger partial charge in [0.1, 0.15) is 0 Å². The third kappa shape index (κ3) is 4.36. The van der Waals surface area contributed by atoms with Crippen LogP contribution in [0.1, 0.15) is 43.7 Å². The van der Waals surface area contributed by atoms with Gasteiger partial charge in [-0.3, -0.25) is 4.79 Å². The van der Waals surface area contributed by atoms with Crippen LogP contribution < -0.4 is 0 Å². The molecule has 5 nitrogen and oxygen atoms in total. The average molecular weight is 353 g/mol. The molecule has 1 aliphatic rings. The van der Waals surface area contributed by atoms with Crippen LogP contribution in [0.5, 0.6) is 0 Å². The molecule has 1 aromatic rings. The minimum absolute atomic E-state index is 0.141. The van der Waals surface area contributed by atoms with Gasteiger partial charge in [0.05, 0.1) is 4.90 Å². The van der Waals surface area contributed by atoms with E-state index < -0.39 is 10.0 Å². The normalized spacial score (nSPS) is 16.9. The maximum absolute atomic E-state index is 12.9. The second kappa shape index (κ2) is 8.12. The van der Waals surface area contributed by atoms with E-state index in [-0.39, 0.29) is 5.91 Å². The summed E-state index contributed by atoms with van der Waals surface area (Å²) in [6.07, 6.45) is 3.12. The molecule has 0 aliphatic carbocycles. The average Bonchev–Trinajstić information content (AvgIpc) is 2.81. The molecule has 1 heterocycles. The van der Waals surface area contributed by atoms with Crippen molar-refractivity contribution in [2.45, 2.75) is 51.3 Å². The smallest absolute Gasteiger partial charge is 0.243 e. The summed E-state index contributed by atoms with van der Waals surface area (Å²) in [4.78, 5) is 14.3. The maximum atomic E-state index is 12.9. The minimum atomic E-state index is -3.50. The van der Waals surface area contributed by atoms with Crippen molar-refractivity contribution in [3.8, 4) is 0 Å². The molecule has 1 saturated heterocycles. The number of carbonyl (C=O) groups is 1. The Bertz CT molecular complexity index is 686. The van der Waals surface area contributed by atoms with Gasteiger partial charge in [-0.25, -0.2) is 8.42 Å². The van der Waals surface area contributed by atoms with Crippen LogP contribution in [0.15, 0.2) is 23.1 Å². The molecule has 0 radical (unpaired) electrons. The number of amides is 1. The number of unbranched alkanes of at least 4 members (excludes halogenated alkanes) is 1. The maximum Gasteiger partial charge on any atom is 0.243 e. The zero-order valence-electron chi connectivity index (χ0n) is 14.9. The number of nitrogens with zero attached hydrogens (tertiary/aromatic N) is 2. The fourth-order valence-corrected chi connectivity index (χ4v) is 4.45. The Morgan fingerprint density at radius 1 is 1.08 bits per heavy atom. The molecule has 0 N–H and O–H groups in total. The first-order valence-corrected chi connectivity index (χ1v) is 10.2. The van der Waals surface area contributed by atoms with Gasteiger partial charge < -0.3 is 4.90 Å². The lowest BCUT2D eigenvalue weighted by Crippen LogP contribution is -2.37. The standard InChI is InChI=1S/C18H28N2O3S/c1-4-5-7-18(21)19-10-6-11-20(13-12-19)24(22,23)17-9-8-15(2)16(3)14-17/h8-9,14H,4-7,10-13H2,1-3H3. The summed E-state index contributed by atoms with van der Waals surface area (Å²) in [7, 11) is -3.50. The number of rotatable bonds is 5. The van der Waals surface area contributed by atoms with E-state index in [0.717, 1.165) is 24.0 Å². The Balaban J connectivity index is 2.09. The predicted octanol–water partition coefficient (Wildman–Crippen LogP) is 2.72. The first-order chi connectivity index (χ1) is 11.4. The van der Waals surface area contributed by atoms with E-state index in [1.807, 2.05) is 24.8 Å². The van der Waals surface area contributed by atoms with Crippen molar-refractivity contribution in [1.82, 2.24) is 9.21 Å². The summed E-state index contributed by atoms with van der Waals surface area (Å²) in [5.74, 6) is 0.141. The molecule has 0 bridgehead atoms. The summed E-state index contributed by atoms with van der Waals surface area (Å²) < 4.78 is 27.3. The highest BCUT2D eigenvalue weighted by molar-refractivity contribution is 7.89. The highest BCUT2D eigenvalue weighted by Gasteiger charge is 2.28. The quantitative estimate of drug-likeness (QED) is 0.819. The topological polar surface area (TPSA) is 57.7 Å². The molecular weight excluding hydrogens is 324 g/mol. The molecule has 1 aliphatic heterocycles. The van der Waals surface area contributed by atoms with Crippen LogP contribution in [0, 0.1) is 13.8 Å². The van der Waals surface area contributed by atoms with Crippen molar-refractivity contribution in [1.29, 1.82) is 0 Å². The minimum Gasteiger partial charge on any atom is -0.341 e. The monoisotopic (exact) mass is 352 g/mol. The lowest BCUT2D eigenvalue weighted by Gasteiger charge is -2.22. The molecule has 0 aromatic heterocycles. The second-order valence-electron chi connectivity index (χ2n) is 6.49. The molecule has 6 heteroatoms. The third-order valence-electron chi connectivity index (χ3n) is 4.67. The highest BCUT2D eigenvalue weighted by atomic mass is 32.2. The molecule has 1 amide bonds. The van der Waals surface area contributed by atoms with E-state index >= 15 is 0 Å². The Morgan fingerprint density at radius 3 is 2.50 bits per heavy atom. The van der Waals surface area contributed by atoms with Crippen molar-refractivity contribution in [2.24, 2.45) is 0 Å². The van der Waals surface area contributed by atoms with Crippen molar-refractivity contribution >= 4 is 15.9 Å². The number of hydrogen-bond acceptors (Lipinski definition) is 3. The van der Waals surface area contributed by atoms with E-state index in [1.165, 1.54) is 4.31 Å². The fraction of sp³-hybridized carbons (Fsp3) is 0.611. The largest absolute Gasteiger partial charge is 0.341 e. The van der Waals surface area contributed by atoms with Crippen molar-refractivity contribution < 1.29 is 13.2 Å². The zero-order chi connectivity index (χ0) is 17.7. The molecule has 0 saturated carbocycles. The lowest BCUT2D eigenvalue weighted by molar-refractivity contribution is -0.131. The van der Waals surface area contributed by atoms with Gasteiger partial charge in [0.25, 0.3) is 0 Å². The van der Waals surface area contributed by atoms with Crippen LogP contribution in [0.2, 0.25) is 0 Å². The van der Waals surface area contributed by atoms with Crippen LogP contribution in [0.25, 0.3) is 0 Å². The first-order valence-electron chi connectivity index (χ1n) is 8.71. The molecule has 0 unspecified atom stereocenters. The van der Waals surface area contributed by atoms with Crippen LogP contribution in [0.4, 0.5) is 0 Å². The molecule has 2 rings (SSSR count). The predicted molar refractivity (Wildman–Crippen MR) is 95.4 cm³/mol. The summed E-state index contributed by atoms with van der Waals surface area (Å²) in [5, 5.41) is 0. The van der Waals surface area contributed by atoms with E-state index in [4.69, 9.17) is 0 Å². The second-order valence-corrected chi connectivity index (χ2v) is 8.43. The van der Waals surface area contributed by atoms with Crippen molar-refractivity contribution in [3.05, 3.63) is 29.3 Å². The molecule has 0 atom stereocenters. The zero-order valence-corrected chi connectivity index (χ0v) is 15.7. The summed E-state index contributed by atoms with van der Waals surface area (Å²) >= 11 is 0. The van der Waals surface area contributed by atoms with Crippen LogP contribution >= 0.6 is 0 Å². The van der Waals surface area contributed by atoms with Gasteiger partial charge in [0.2, 0.25) is 15.9 Å². The van der Waals surface area contributed by atoms with Gasteiger partial charge >= 0.3 is 0 Å². The molecule has 1 aromatic carbocycles. The van der Waals surface area contributed by atoms with Gasteiger partial charge in [0.15, 0.2) is 0 Å². The number of hydrogen-bond donors (Lipinski definition) is 0. The Labute approximate surface area is 145 Å². The van der Waals surface area contributed by atoms with Gasteiger partial charge in [0, 0.05) is 32.6 Å². The lowest BCUT2D eigenvalue weighted by atomic mass is 10.1. The van der Waals surface area contributed by atoms with Gasteiger partial charge in [-0.05, 0) is 49.9 Å². The molecule has 1 fully saturated rings. The van der Waals surface area contributed by atoms with E-state index in [9.17, 15) is 13.2 Å². The Morgan fingerprint density at radius 2 is 1.83 bits per heavy atom. The van der Waals surface area contributed by atoms with Gasteiger partial charge in [-0.2, -0.15) is 4.31 Å². The molecule has 0 spiro atoms. The fourth-order valence-electron chi connectivity index (χ4n) is 2.89. The van der Waals surface area contributed by atoms with E-state index in [1.54, 1.807) is 12.1 Å². The number of aryl methyl sites for hydroxylation is 2. The molecular formula is C18H28N2O3S. The highest BCUT2D eigenvalue weighted by Crippen LogP contribution is 2.20. The van der Waals surface area contributed by atoms with Crippen LogP contribution in [-0.4, -0.2) is 49.7 Å². The number of benzene rings is 1. The SMILES string of the molecule is CCCCC(=O)N1CCCN(S(=O)(=O)c2ccc(C)c(C)c2)CC1. The first kappa shape index (κ1) is 18.9. The summed E-state index contributed by atoms with van der Waals surface area (Å²) in [6.45, 7) is 7.91. The molecule has 24 heavy (non-hydrogen) atoms. The van der Waals surface area contributed by atoms with Gasteiger partial charge in [-0.15, -0.1) is 0 Å². The van der Waals surface area contributed by atoms with E-state index in [0.29, 0.717) is 43.9 Å². The van der Waals surface area contributed by atoms with Gasteiger partial charge in [-0.1, -0.05) is 19.4 Å². The van der Waals surface area contributed by atoms with Crippen molar-refractivity contribution in [3.63, 3.8) is 0 Å². The number of carbonyl (C=O) groups excluding carboxylic acids is 1. The Kier molecular flexibility index (Phi) is 6.40. The van der Waals surface area contributed by atoms with Crippen LogP contribution in [-0.2, 0) is 14.8 Å². The van der Waals surface area contributed by atoms with Crippen LogP contribution in [0.3, 0.4) is 0 Å². The Hall–Kier alpha value is -1.40. The van der Waals surface area contributed by atoms with E-state index in [2.05, 4.69) is 6.92 Å². The molecule has 134 valence electrons. The van der Waals surface area contributed by atoms with Crippen molar-refractivity contribution in [2.75, 3.05) is 26.2 Å². The number of sulfonamides is 1. The summed E-state index contributed by atoms with van der Waals surface area (Å²) in [6, 6.07) is 5.26.